The molecule has 0 atom stereocenters. The van der Waals surface area contributed by atoms with Gasteiger partial charge in [-0.1, -0.05) is 35.2 Å². The molecule has 2 amide bonds. The van der Waals surface area contributed by atoms with Crippen molar-refractivity contribution in [2.24, 2.45) is 0 Å². The van der Waals surface area contributed by atoms with Gasteiger partial charge in [-0.3, -0.25) is 9.59 Å². The number of nitrogens with zero attached hydrogens (tertiary/aromatic N) is 2. The number of benzene rings is 2. The molecule has 8 nitrogen and oxygen atoms in total. The van der Waals surface area contributed by atoms with Crippen molar-refractivity contribution in [3.63, 3.8) is 0 Å². The molecule has 0 saturated carbocycles. The summed E-state index contributed by atoms with van der Waals surface area (Å²) in [4.78, 5) is 24.3. The predicted octanol–water partition coefficient (Wildman–Crippen LogP) is 3.47. The summed E-state index contributed by atoms with van der Waals surface area (Å²) in [5.41, 5.74) is 1.55. The van der Waals surface area contributed by atoms with Crippen molar-refractivity contribution in [2.45, 2.75) is 10.8 Å². The third-order valence-electron chi connectivity index (χ3n) is 3.88. The minimum atomic E-state index is -0.190. The van der Waals surface area contributed by atoms with E-state index >= 15 is 0 Å². The quantitative estimate of drug-likeness (QED) is 0.385. The fourth-order valence-corrected chi connectivity index (χ4v) is 3.98. The number of methoxy groups -OCH3 is 2. The first kappa shape index (κ1) is 21.6. The molecule has 2 N–H and O–H groups in total. The van der Waals surface area contributed by atoms with Crippen molar-refractivity contribution in [1.29, 1.82) is 0 Å². The van der Waals surface area contributed by atoms with Gasteiger partial charge in [0.05, 0.1) is 26.4 Å². The Morgan fingerprint density at radius 2 is 1.53 bits per heavy atom. The predicted molar refractivity (Wildman–Crippen MR) is 118 cm³/mol. The molecule has 1 aromatic heterocycles. The molecule has 0 saturated heterocycles. The molecule has 10 heteroatoms. The van der Waals surface area contributed by atoms with Crippen LogP contribution in [0.1, 0.15) is 5.56 Å². The maximum Gasteiger partial charge on any atom is 0.234 e. The zero-order chi connectivity index (χ0) is 21.3. The summed E-state index contributed by atoms with van der Waals surface area (Å²) in [6.45, 7) is 0. The fraction of sp³-hybridized carbons (Fsp3) is 0.200. The summed E-state index contributed by atoms with van der Waals surface area (Å²) < 4.78 is 10.8. The molecule has 0 bridgehead atoms. The highest BCUT2D eigenvalue weighted by Crippen LogP contribution is 2.26. The normalized spacial score (nSPS) is 10.3. The highest BCUT2D eigenvalue weighted by atomic mass is 32.2. The molecular weight excluding hydrogens is 424 g/mol. The highest BCUT2D eigenvalue weighted by molar-refractivity contribution is 8.01. The Balaban J connectivity index is 1.44. The van der Waals surface area contributed by atoms with Crippen LogP contribution in [0, 0.1) is 0 Å². The second-order valence-corrected chi connectivity index (χ2v) is 8.21. The van der Waals surface area contributed by atoms with Crippen molar-refractivity contribution in [2.75, 3.05) is 30.6 Å². The van der Waals surface area contributed by atoms with E-state index in [2.05, 4.69) is 20.8 Å². The maximum absolute atomic E-state index is 12.2. The number of nitrogens with one attached hydrogen (secondary N) is 2. The van der Waals surface area contributed by atoms with Gasteiger partial charge in [-0.15, -0.1) is 10.2 Å². The van der Waals surface area contributed by atoms with E-state index in [9.17, 15) is 9.59 Å². The average Bonchev–Trinajstić information content (AvgIpc) is 3.20. The molecule has 30 heavy (non-hydrogen) atoms. The summed E-state index contributed by atoms with van der Waals surface area (Å²) in [6.07, 6.45) is 0.219. The zero-order valence-corrected chi connectivity index (χ0v) is 18.0. The number of carbonyl (C=O) groups is 2. The second-order valence-electron chi connectivity index (χ2n) is 6.01. The van der Waals surface area contributed by atoms with E-state index in [1.807, 2.05) is 12.1 Å². The minimum Gasteiger partial charge on any atom is -0.497 e. The Morgan fingerprint density at radius 1 is 0.900 bits per heavy atom. The average molecular weight is 445 g/mol. The second kappa shape index (κ2) is 10.6. The van der Waals surface area contributed by atoms with E-state index in [0.717, 1.165) is 17.1 Å². The van der Waals surface area contributed by atoms with Gasteiger partial charge in [0.2, 0.25) is 16.9 Å². The lowest BCUT2D eigenvalue weighted by Gasteiger charge is -2.05. The van der Waals surface area contributed by atoms with Crippen molar-refractivity contribution < 1.29 is 19.1 Å². The minimum absolute atomic E-state index is 0.162. The molecule has 2 aromatic carbocycles. The first-order valence-corrected chi connectivity index (χ1v) is 10.7. The molecule has 156 valence electrons. The van der Waals surface area contributed by atoms with E-state index in [1.165, 1.54) is 23.1 Å². The van der Waals surface area contributed by atoms with Gasteiger partial charge in [-0.05, 0) is 42.0 Å². The van der Waals surface area contributed by atoms with Crippen LogP contribution in [0.5, 0.6) is 11.5 Å². The third kappa shape index (κ3) is 6.46. The molecule has 3 aromatic rings. The van der Waals surface area contributed by atoms with Crippen LogP contribution >= 0.6 is 23.1 Å². The van der Waals surface area contributed by atoms with Gasteiger partial charge in [0, 0.05) is 5.69 Å². The van der Waals surface area contributed by atoms with E-state index < -0.39 is 0 Å². The van der Waals surface area contributed by atoms with Gasteiger partial charge in [-0.2, -0.15) is 0 Å². The summed E-state index contributed by atoms with van der Waals surface area (Å²) in [5.74, 6) is 1.29. The van der Waals surface area contributed by atoms with Crippen LogP contribution in [-0.2, 0) is 16.0 Å². The van der Waals surface area contributed by atoms with E-state index in [1.54, 1.807) is 50.6 Å². The molecule has 0 unspecified atom stereocenters. The molecule has 0 aliphatic heterocycles. The number of thioether (sulfide) groups is 1. The third-order valence-corrected chi connectivity index (χ3v) is 5.85. The Morgan fingerprint density at radius 3 is 2.17 bits per heavy atom. The topological polar surface area (TPSA) is 102 Å². The van der Waals surface area contributed by atoms with Crippen molar-refractivity contribution >= 4 is 45.7 Å². The lowest BCUT2D eigenvalue weighted by atomic mass is 10.1. The van der Waals surface area contributed by atoms with Gasteiger partial charge in [0.25, 0.3) is 0 Å². The van der Waals surface area contributed by atoms with Crippen LogP contribution in [0.3, 0.4) is 0 Å². The number of rotatable bonds is 9. The number of anilines is 2. The lowest BCUT2D eigenvalue weighted by Crippen LogP contribution is -2.14. The molecule has 0 aliphatic carbocycles. The summed E-state index contributed by atoms with van der Waals surface area (Å²) in [5, 5.41) is 13.9. The van der Waals surface area contributed by atoms with Gasteiger partial charge >= 0.3 is 0 Å². The van der Waals surface area contributed by atoms with Crippen molar-refractivity contribution in [3.05, 3.63) is 54.1 Å². The van der Waals surface area contributed by atoms with Gasteiger partial charge < -0.3 is 20.1 Å². The molecule has 0 radical (unpaired) electrons. The Labute approximate surface area is 182 Å². The van der Waals surface area contributed by atoms with Crippen molar-refractivity contribution in [1.82, 2.24) is 10.2 Å². The summed E-state index contributed by atoms with van der Waals surface area (Å²) >= 11 is 2.48. The van der Waals surface area contributed by atoms with Crippen LogP contribution in [0.4, 0.5) is 10.8 Å². The number of ether oxygens (including phenoxy) is 2. The van der Waals surface area contributed by atoms with Crippen LogP contribution in [-0.4, -0.2) is 42.0 Å². The number of hydrogen-bond donors (Lipinski definition) is 2. The van der Waals surface area contributed by atoms with Crippen molar-refractivity contribution in [3.8, 4) is 11.5 Å². The monoisotopic (exact) mass is 444 g/mol. The molecule has 0 aliphatic rings. The molecule has 0 spiro atoms. The van der Waals surface area contributed by atoms with E-state index in [4.69, 9.17) is 9.47 Å². The van der Waals surface area contributed by atoms with Gasteiger partial charge in [0.1, 0.15) is 11.5 Å². The first-order chi connectivity index (χ1) is 14.6. The fourth-order valence-electron chi connectivity index (χ4n) is 2.41. The smallest absolute Gasteiger partial charge is 0.234 e. The summed E-state index contributed by atoms with van der Waals surface area (Å²) in [6, 6.07) is 14.4. The zero-order valence-electron chi connectivity index (χ0n) is 16.4. The van der Waals surface area contributed by atoms with E-state index in [0.29, 0.717) is 15.2 Å². The standard InChI is InChI=1S/C20H20N4O4S2/c1-27-15-7-3-13(4-8-15)11-17(25)22-19-23-24-20(30-19)29-12-18(26)21-14-5-9-16(28-2)10-6-14/h3-10H,11-12H2,1-2H3,(H,21,26)(H,22,23,25). The Bertz CT molecular complexity index is 991. The largest absolute Gasteiger partial charge is 0.497 e. The Hall–Kier alpha value is -3.11. The highest BCUT2D eigenvalue weighted by Gasteiger charge is 2.11. The lowest BCUT2D eigenvalue weighted by molar-refractivity contribution is -0.115. The first-order valence-electron chi connectivity index (χ1n) is 8.88. The molecular formula is C20H20N4O4S2. The Kier molecular flexibility index (Phi) is 7.63. The van der Waals surface area contributed by atoms with E-state index in [-0.39, 0.29) is 24.0 Å². The van der Waals surface area contributed by atoms with Crippen LogP contribution in [0.25, 0.3) is 0 Å². The number of carbonyl (C=O) groups excluding carboxylic acids is 2. The van der Waals surface area contributed by atoms with Crippen LogP contribution in [0.2, 0.25) is 0 Å². The molecule has 3 rings (SSSR count). The maximum atomic E-state index is 12.2. The van der Waals surface area contributed by atoms with Gasteiger partial charge in [0.15, 0.2) is 4.34 Å². The molecule has 0 fully saturated rings. The number of aromatic nitrogens is 2. The van der Waals surface area contributed by atoms with Gasteiger partial charge in [-0.25, -0.2) is 0 Å². The SMILES string of the molecule is COc1ccc(CC(=O)Nc2nnc(SCC(=O)Nc3ccc(OC)cc3)s2)cc1. The van der Waals surface area contributed by atoms with Crippen LogP contribution < -0.4 is 20.1 Å². The number of amides is 2. The number of hydrogen-bond acceptors (Lipinski definition) is 8. The van der Waals surface area contributed by atoms with Crippen LogP contribution in [0.15, 0.2) is 52.9 Å². The summed E-state index contributed by atoms with van der Waals surface area (Å²) in [7, 11) is 3.18. The molecule has 1 heterocycles.